The van der Waals surface area contributed by atoms with Gasteiger partial charge in [0.25, 0.3) is 0 Å². The lowest BCUT2D eigenvalue weighted by molar-refractivity contribution is -0.125. The number of hydrogen-bond acceptors (Lipinski definition) is 3. The Morgan fingerprint density at radius 3 is 2.69 bits per heavy atom. The third kappa shape index (κ3) is 3.42. The highest BCUT2D eigenvalue weighted by atomic mass is 32.1. The van der Waals surface area contributed by atoms with Gasteiger partial charge in [0.1, 0.15) is 0 Å². The number of nitrogens with one attached hydrogen (secondary N) is 1. The van der Waals surface area contributed by atoms with Crippen molar-refractivity contribution in [3.8, 4) is 0 Å². The summed E-state index contributed by atoms with van der Waals surface area (Å²) in [5, 5.41) is 12.6. The Kier molecular flexibility index (Phi) is 5.15. The van der Waals surface area contributed by atoms with Crippen LogP contribution in [0.25, 0.3) is 0 Å². The van der Waals surface area contributed by atoms with Gasteiger partial charge in [0.15, 0.2) is 0 Å². The third-order valence-electron chi connectivity index (χ3n) is 3.13. The molecule has 0 aromatic rings. The summed E-state index contributed by atoms with van der Waals surface area (Å²) >= 11 is 4.84. The fourth-order valence-electron chi connectivity index (χ4n) is 2.08. The second kappa shape index (κ2) is 6.15. The van der Waals surface area contributed by atoms with Crippen molar-refractivity contribution >= 4 is 23.1 Å². The van der Waals surface area contributed by atoms with Crippen molar-refractivity contribution in [3.63, 3.8) is 0 Å². The number of thiocarbonyl (C=S) groups is 1. The van der Waals surface area contributed by atoms with E-state index >= 15 is 0 Å². The normalized spacial score (nSPS) is 27.1. The van der Waals surface area contributed by atoms with Crippen molar-refractivity contribution < 1.29 is 9.90 Å². The largest absolute Gasteiger partial charge is 0.393 e. The fourth-order valence-corrected chi connectivity index (χ4v) is 2.35. The number of aliphatic hydroxyl groups excluding tert-OH is 1. The molecule has 0 spiro atoms. The van der Waals surface area contributed by atoms with Gasteiger partial charge in [-0.15, -0.1) is 0 Å². The molecule has 92 valence electrons. The second-order valence-electron chi connectivity index (χ2n) is 4.33. The van der Waals surface area contributed by atoms with Crippen molar-refractivity contribution in [1.82, 2.24) is 5.32 Å². The van der Waals surface area contributed by atoms with E-state index in [2.05, 4.69) is 5.32 Å². The molecule has 1 amide bonds. The van der Waals surface area contributed by atoms with Crippen LogP contribution in [0.3, 0.4) is 0 Å². The summed E-state index contributed by atoms with van der Waals surface area (Å²) in [5.74, 6) is -0.565. The SMILES string of the molecule is CCC(C(=O)NC1CCCCC1O)C(N)=S. The lowest BCUT2D eigenvalue weighted by Gasteiger charge is -2.29. The Morgan fingerprint density at radius 2 is 2.19 bits per heavy atom. The number of carbonyl (C=O) groups excluding carboxylic acids is 1. The molecule has 0 radical (unpaired) electrons. The number of nitrogens with two attached hydrogens (primary N) is 1. The average Bonchev–Trinajstić information content (AvgIpc) is 2.22. The molecule has 3 atom stereocenters. The van der Waals surface area contributed by atoms with Crippen LogP contribution < -0.4 is 11.1 Å². The first-order valence-electron chi connectivity index (χ1n) is 5.84. The maximum atomic E-state index is 11.8. The highest BCUT2D eigenvalue weighted by Gasteiger charge is 2.27. The van der Waals surface area contributed by atoms with E-state index in [1.807, 2.05) is 6.92 Å². The first-order chi connectivity index (χ1) is 7.56. The summed E-state index contributed by atoms with van der Waals surface area (Å²) in [6.45, 7) is 1.88. The molecule has 4 nitrogen and oxygen atoms in total. The minimum Gasteiger partial charge on any atom is -0.393 e. The molecular weight excluding hydrogens is 224 g/mol. The Hall–Kier alpha value is -0.680. The Labute approximate surface area is 102 Å². The molecule has 0 heterocycles. The zero-order valence-corrected chi connectivity index (χ0v) is 10.4. The van der Waals surface area contributed by atoms with Gasteiger partial charge in [-0.25, -0.2) is 0 Å². The van der Waals surface area contributed by atoms with Gasteiger partial charge in [-0.05, 0) is 19.3 Å². The number of aliphatic hydroxyl groups is 1. The molecule has 1 aliphatic carbocycles. The lowest BCUT2D eigenvalue weighted by atomic mass is 9.92. The average molecular weight is 244 g/mol. The molecule has 1 rings (SSSR count). The Balaban J connectivity index is 2.51. The Bertz CT molecular complexity index is 271. The molecule has 0 bridgehead atoms. The third-order valence-corrected chi connectivity index (χ3v) is 3.41. The second-order valence-corrected chi connectivity index (χ2v) is 4.80. The van der Waals surface area contributed by atoms with Gasteiger partial charge >= 0.3 is 0 Å². The van der Waals surface area contributed by atoms with E-state index < -0.39 is 12.0 Å². The van der Waals surface area contributed by atoms with Gasteiger partial charge in [0.2, 0.25) is 5.91 Å². The predicted molar refractivity (Wildman–Crippen MR) is 67.0 cm³/mol. The van der Waals surface area contributed by atoms with Crippen LogP contribution in [0.5, 0.6) is 0 Å². The van der Waals surface area contributed by atoms with Crippen molar-refractivity contribution in [2.45, 2.75) is 51.2 Å². The van der Waals surface area contributed by atoms with Crippen molar-refractivity contribution in [2.75, 3.05) is 0 Å². The number of hydrogen-bond donors (Lipinski definition) is 3. The number of carbonyl (C=O) groups is 1. The minimum absolute atomic E-state index is 0.135. The van der Waals surface area contributed by atoms with E-state index in [9.17, 15) is 9.90 Å². The molecule has 0 saturated heterocycles. The zero-order chi connectivity index (χ0) is 12.1. The van der Waals surface area contributed by atoms with E-state index in [1.54, 1.807) is 0 Å². The standard InChI is InChI=1S/C11H20N2O2S/c1-2-7(10(12)16)11(15)13-8-5-3-4-6-9(8)14/h7-9,14H,2-6H2,1H3,(H2,12,16)(H,13,15). The molecule has 5 heteroatoms. The quantitative estimate of drug-likeness (QED) is 0.637. The van der Waals surface area contributed by atoms with Gasteiger partial charge < -0.3 is 16.2 Å². The van der Waals surface area contributed by atoms with Crippen LogP contribution in [0.2, 0.25) is 0 Å². The molecule has 16 heavy (non-hydrogen) atoms. The maximum absolute atomic E-state index is 11.8. The van der Waals surface area contributed by atoms with Crippen LogP contribution in [0.4, 0.5) is 0 Å². The molecule has 0 aliphatic heterocycles. The van der Waals surface area contributed by atoms with Crippen LogP contribution in [0.1, 0.15) is 39.0 Å². The number of rotatable bonds is 4. The predicted octanol–water partition coefficient (Wildman–Crippen LogP) is 0.718. The van der Waals surface area contributed by atoms with E-state index in [-0.39, 0.29) is 16.9 Å². The highest BCUT2D eigenvalue weighted by molar-refractivity contribution is 7.80. The molecule has 3 unspecified atom stereocenters. The topological polar surface area (TPSA) is 75.3 Å². The van der Waals surface area contributed by atoms with Crippen molar-refractivity contribution in [2.24, 2.45) is 11.7 Å². The van der Waals surface area contributed by atoms with Crippen LogP contribution in [-0.2, 0) is 4.79 Å². The van der Waals surface area contributed by atoms with E-state index in [1.165, 1.54) is 0 Å². The monoisotopic (exact) mass is 244 g/mol. The lowest BCUT2D eigenvalue weighted by Crippen LogP contribution is -2.49. The van der Waals surface area contributed by atoms with Crippen molar-refractivity contribution in [1.29, 1.82) is 0 Å². The van der Waals surface area contributed by atoms with Crippen LogP contribution in [0.15, 0.2) is 0 Å². The summed E-state index contributed by atoms with van der Waals surface area (Å²) in [6.07, 6.45) is 3.84. The van der Waals surface area contributed by atoms with Crippen LogP contribution in [-0.4, -0.2) is 28.1 Å². The molecule has 0 aromatic heterocycles. The van der Waals surface area contributed by atoms with E-state index in [4.69, 9.17) is 18.0 Å². The van der Waals surface area contributed by atoms with Gasteiger partial charge in [-0.1, -0.05) is 32.0 Å². The van der Waals surface area contributed by atoms with Gasteiger partial charge in [-0.2, -0.15) is 0 Å². The van der Waals surface area contributed by atoms with E-state index in [0.29, 0.717) is 6.42 Å². The number of amides is 1. The van der Waals surface area contributed by atoms with Crippen molar-refractivity contribution in [3.05, 3.63) is 0 Å². The maximum Gasteiger partial charge on any atom is 0.230 e. The van der Waals surface area contributed by atoms with E-state index in [0.717, 1.165) is 25.7 Å². The molecule has 1 fully saturated rings. The molecular formula is C11H20N2O2S. The fraction of sp³-hybridized carbons (Fsp3) is 0.818. The minimum atomic E-state index is -0.429. The first-order valence-corrected chi connectivity index (χ1v) is 6.24. The highest BCUT2D eigenvalue weighted by Crippen LogP contribution is 2.19. The van der Waals surface area contributed by atoms with Gasteiger partial charge in [0, 0.05) is 0 Å². The summed E-state index contributed by atoms with van der Waals surface area (Å²) in [5.41, 5.74) is 5.50. The van der Waals surface area contributed by atoms with Gasteiger partial charge in [-0.3, -0.25) is 4.79 Å². The zero-order valence-electron chi connectivity index (χ0n) is 9.61. The summed E-state index contributed by atoms with van der Waals surface area (Å²) in [7, 11) is 0. The molecule has 1 saturated carbocycles. The van der Waals surface area contributed by atoms with Crippen LogP contribution in [0, 0.1) is 5.92 Å². The van der Waals surface area contributed by atoms with Gasteiger partial charge in [0.05, 0.1) is 23.1 Å². The summed E-state index contributed by atoms with van der Waals surface area (Å²) < 4.78 is 0. The molecule has 1 aliphatic rings. The summed E-state index contributed by atoms with van der Waals surface area (Å²) in [4.78, 5) is 12.1. The molecule has 0 aromatic carbocycles. The Morgan fingerprint density at radius 1 is 1.56 bits per heavy atom. The molecule has 4 N–H and O–H groups in total. The summed E-state index contributed by atoms with van der Waals surface area (Å²) in [6, 6.07) is -0.135. The smallest absolute Gasteiger partial charge is 0.230 e. The first kappa shape index (κ1) is 13.4. The van der Waals surface area contributed by atoms with Crippen LogP contribution >= 0.6 is 12.2 Å².